The van der Waals surface area contributed by atoms with Crippen LogP contribution in [0.4, 0.5) is 9.59 Å². The van der Waals surface area contributed by atoms with Gasteiger partial charge in [-0.3, -0.25) is 0 Å². The van der Waals surface area contributed by atoms with Crippen molar-refractivity contribution in [2.45, 2.75) is 20.0 Å². The Kier molecular flexibility index (Phi) is 5.78. The predicted molar refractivity (Wildman–Crippen MR) is 88.5 cm³/mol. The summed E-state index contributed by atoms with van der Waals surface area (Å²) < 4.78 is 15.9. The molecule has 0 aliphatic carbocycles. The third-order valence-electron chi connectivity index (χ3n) is 2.91. The number of carbonyl (C=O) groups is 2. The van der Waals surface area contributed by atoms with Gasteiger partial charge in [0, 0.05) is 7.05 Å². The van der Waals surface area contributed by atoms with Crippen molar-refractivity contribution in [3.63, 3.8) is 0 Å². The predicted octanol–water partition coefficient (Wildman–Crippen LogP) is 4.10. The summed E-state index contributed by atoms with van der Waals surface area (Å²) in [5.74, 6) is 0.993. The number of hydrogen-bond donors (Lipinski definition) is 0. The van der Waals surface area contributed by atoms with Gasteiger partial charge in [-0.2, -0.15) is 0 Å². The van der Waals surface area contributed by atoms with Gasteiger partial charge in [0.05, 0.1) is 6.10 Å². The van der Waals surface area contributed by atoms with Crippen LogP contribution >= 0.6 is 0 Å². The minimum atomic E-state index is -0.865. The van der Waals surface area contributed by atoms with E-state index in [1.54, 1.807) is 54.6 Å². The molecule has 0 radical (unpaired) electrons. The van der Waals surface area contributed by atoms with Crippen molar-refractivity contribution in [2.75, 3.05) is 7.05 Å². The maximum atomic E-state index is 12.1. The summed E-state index contributed by atoms with van der Waals surface area (Å²) in [5, 5.41) is 0. The minimum absolute atomic E-state index is 0.0781. The zero-order chi connectivity index (χ0) is 17.5. The van der Waals surface area contributed by atoms with Crippen LogP contribution in [-0.2, 0) is 0 Å². The summed E-state index contributed by atoms with van der Waals surface area (Å²) in [4.78, 5) is 24.9. The molecule has 0 bridgehead atoms. The van der Waals surface area contributed by atoms with Crippen LogP contribution in [0.2, 0.25) is 0 Å². The minimum Gasteiger partial charge on any atom is -0.487 e. The first-order chi connectivity index (χ1) is 11.5. The van der Waals surface area contributed by atoms with Gasteiger partial charge in [-0.05, 0) is 38.1 Å². The highest BCUT2D eigenvalue weighted by Crippen LogP contribution is 2.28. The topological polar surface area (TPSA) is 65.1 Å². The van der Waals surface area contributed by atoms with Crippen LogP contribution in [0.3, 0.4) is 0 Å². The molecule has 0 spiro atoms. The Morgan fingerprint density at radius 3 is 2.00 bits per heavy atom. The van der Waals surface area contributed by atoms with Crippen molar-refractivity contribution in [3.8, 4) is 17.2 Å². The Hall–Kier alpha value is -3.02. The van der Waals surface area contributed by atoms with Gasteiger partial charge in [0.15, 0.2) is 11.5 Å². The SMILES string of the molecule is CC(C)Oc1ccccc1OC(=O)N(C)C(=O)Oc1ccccc1. The Labute approximate surface area is 140 Å². The largest absolute Gasteiger partial charge is 0.487 e. The Bertz CT molecular complexity index is 700. The summed E-state index contributed by atoms with van der Waals surface area (Å²) >= 11 is 0. The quantitative estimate of drug-likeness (QED) is 0.845. The van der Waals surface area contributed by atoms with Crippen LogP contribution in [0.25, 0.3) is 0 Å². The molecule has 6 heteroatoms. The highest BCUT2D eigenvalue weighted by Gasteiger charge is 2.22. The molecule has 2 aromatic carbocycles. The molecular weight excluding hydrogens is 310 g/mol. The zero-order valence-corrected chi connectivity index (χ0v) is 13.8. The Morgan fingerprint density at radius 2 is 1.38 bits per heavy atom. The first-order valence-corrected chi connectivity index (χ1v) is 7.45. The number of imide groups is 1. The highest BCUT2D eigenvalue weighted by molar-refractivity contribution is 5.89. The second kappa shape index (κ2) is 8.01. The lowest BCUT2D eigenvalue weighted by atomic mass is 10.3. The third-order valence-corrected chi connectivity index (χ3v) is 2.91. The summed E-state index contributed by atoms with van der Waals surface area (Å²) in [5.41, 5.74) is 0. The van der Waals surface area contributed by atoms with Crippen molar-refractivity contribution in [3.05, 3.63) is 54.6 Å². The maximum absolute atomic E-state index is 12.1. The van der Waals surface area contributed by atoms with Gasteiger partial charge in [0.2, 0.25) is 0 Å². The van der Waals surface area contributed by atoms with Gasteiger partial charge < -0.3 is 14.2 Å². The normalized spacial score (nSPS) is 10.2. The van der Waals surface area contributed by atoms with Crippen LogP contribution in [0.5, 0.6) is 17.2 Å². The van der Waals surface area contributed by atoms with Crippen molar-refractivity contribution in [2.24, 2.45) is 0 Å². The fourth-order valence-corrected chi connectivity index (χ4v) is 1.78. The lowest BCUT2D eigenvalue weighted by Crippen LogP contribution is -2.37. The van der Waals surface area contributed by atoms with E-state index in [-0.39, 0.29) is 11.9 Å². The zero-order valence-electron chi connectivity index (χ0n) is 13.8. The van der Waals surface area contributed by atoms with Crippen molar-refractivity contribution in [1.29, 1.82) is 0 Å². The fraction of sp³-hybridized carbons (Fsp3) is 0.222. The van der Waals surface area contributed by atoms with Crippen molar-refractivity contribution < 1.29 is 23.8 Å². The first kappa shape index (κ1) is 17.3. The molecule has 0 heterocycles. The number of para-hydroxylation sites is 3. The van der Waals surface area contributed by atoms with Gasteiger partial charge in [0.25, 0.3) is 0 Å². The summed E-state index contributed by atoms with van der Waals surface area (Å²) in [6.45, 7) is 3.73. The van der Waals surface area contributed by atoms with Crippen molar-refractivity contribution in [1.82, 2.24) is 4.90 Å². The molecule has 6 nitrogen and oxygen atoms in total. The van der Waals surface area contributed by atoms with Gasteiger partial charge >= 0.3 is 12.2 Å². The van der Waals surface area contributed by atoms with E-state index in [2.05, 4.69) is 0 Å². The maximum Gasteiger partial charge on any atom is 0.424 e. The number of carbonyl (C=O) groups excluding carboxylic acids is 2. The van der Waals surface area contributed by atoms with E-state index in [9.17, 15) is 9.59 Å². The van der Waals surface area contributed by atoms with Gasteiger partial charge in [-0.1, -0.05) is 30.3 Å². The first-order valence-electron chi connectivity index (χ1n) is 7.45. The molecular formula is C18H19NO5. The molecule has 0 unspecified atom stereocenters. The number of hydrogen-bond acceptors (Lipinski definition) is 5. The molecule has 0 saturated heterocycles. The van der Waals surface area contributed by atoms with E-state index in [4.69, 9.17) is 14.2 Å². The van der Waals surface area contributed by atoms with Gasteiger partial charge in [-0.25, -0.2) is 14.5 Å². The van der Waals surface area contributed by atoms with Crippen LogP contribution in [0.1, 0.15) is 13.8 Å². The standard InChI is InChI=1S/C18H19NO5/c1-13(2)22-15-11-7-8-12-16(15)24-18(21)19(3)17(20)23-14-9-5-4-6-10-14/h4-13H,1-3H3. The second-order valence-electron chi connectivity index (χ2n) is 5.22. The number of rotatable bonds is 4. The molecule has 2 aromatic rings. The Balaban J connectivity index is 2.02. The molecule has 0 fully saturated rings. The number of benzene rings is 2. The van der Waals surface area contributed by atoms with Crippen LogP contribution in [-0.4, -0.2) is 30.2 Å². The molecule has 0 aromatic heterocycles. The molecule has 24 heavy (non-hydrogen) atoms. The van der Waals surface area contributed by atoms with Crippen molar-refractivity contribution >= 4 is 12.2 Å². The van der Waals surface area contributed by atoms with E-state index in [0.717, 1.165) is 4.90 Å². The third kappa shape index (κ3) is 4.74. The Morgan fingerprint density at radius 1 is 0.833 bits per heavy atom. The van der Waals surface area contributed by atoms with E-state index < -0.39 is 12.2 Å². The molecule has 0 N–H and O–H groups in total. The van der Waals surface area contributed by atoms with Gasteiger partial charge in [0.1, 0.15) is 5.75 Å². The van der Waals surface area contributed by atoms with E-state index >= 15 is 0 Å². The van der Waals surface area contributed by atoms with E-state index in [1.165, 1.54) is 7.05 Å². The average molecular weight is 329 g/mol. The smallest absolute Gasteiger partial charge is 0.424 e. The molecule has 0 atom stereocenters. The average Bonchev–Trinajstić information content (AvgIpc) is 2.56. The summed E-state index contributed by atoms with van der Waals surface area (Å²) in [7, 11) is 1.28. The molecule has 126 valence electrons. The number of amides is 2. The lowest BCUT2D eigenvalue weighted by molar-refractivity contribution is 0.138. The van der Waals surface area contributed by atoms with Crippen LogP contribution in [0.15, 0.2) is 54.6 Å². The molecule has 2 amide bonds. The summed E-state index contributed by atoms with van der Waals surface area (Å²) in [6.07, 6.45) is -1.78. The van der Waals surface area contributed by atoms with E-state index in [0.29, 0.717) is 11.5 Å². The molecule has 2 rings (SSSR count). The molecule has 0 aliphatic heterocycles. The monoisotopic (exact) mass is 329 g/mol. The fourth-order valence-electron chi connectivity index (χ4n) is 1.78. The molecule has 0 aliphatic rings. The van der Waals surface area contributed by atoms with Crippen LogP contribution < -0.4 is 14.2 Å². The van der Waals surface area contributed by atoms with E-state index in [1.807, 2.05) is 13.8 Å². The summed E-state index contributed by atoms with van der Waals surface area (Å²) in [6, 6.07) is 15.2. The van der Waals surface area contributed by atoms with Gasteiger partial charge in [-0.15, -0.1) is 0 Å². The number of ether oxygens (including phenoxy) is 3. The number of nitrogens with zero attached hydrogens (tertiary/aromatic N) is 1. The highest BCUT2D eigenvalue weighted by atomic mass is 16.6. The lowest BCUT2D eigenvalue weighted by Gasteiger charge is -2.17. The second-order valence-corrected chi connectivity index (χ2v) is 5.22. The molecule has 0 saturated carbocycles. The van der Waals surface area contributed by atoms with Crippen LogP contribution in [0, 0.1) is 0 Å².